The summed E-state index contributed by atoms with van der Waals surface area (Å²) >= 11 is 0. The lowest BCUT2D eigenvalue weighted by Crippen LogP contribution is -2.27. The summed E-state index contributed by atoms with van der Waals surface area (Å²) in [7, 11) is 0. The quantitative estimate of drug-likeness (QED) is 0.608. The lowest BCUT2D eigenvalue weighted by molar-refractivity contribution is -0.145. The van der Waals surface area contributed by atoms with Gasteiger partial charge in [0.05, 0.1) is 6.61 Å². The maximum atomic E-state index is 12.8. The van der Waals surface area contributed by atoms with Gasteiger partial charge in [-0.15, -0.1) is 0 Å². The summed E-state index contributed by atoms with van der Waals surface area (Å²) in [6.07, 6.45) is -4.32. The molecule has 0 radical (unpaired) electrons. The van der Waals surface area contributed by atoms with Crippen molar-refractivity contribution in [3.05, 3.63) is 57.4 Å². The molecule has 0 aliphatic carbocycles. The van der Waals surface area contributed by atoms with Crippen LogP contribution in [0.2, 0.25) is 0 Å². The minimum atomic E-state index is -4.82. The average Bonchev–Trinajstić information content (AvgIpc) is 2.98. The number of aromatic amines is 1. The van der Waals surface area contributed by atoms with Crippen molar-refractivity contribution in [3.8, 4) is 5.75 Å². The number of hydrogen-bond acceptors (Lipinski definition) is 5. The second-order valence-electron chi connectivity index (χ2n) is 6.37. The number of benzene rings is 1. The van der Waals surface area contributed by atoms with E-state index in [4.69, 9.17) is 4.74 Å². The molecule has 3 aromatic rings. The number of fused-ring (bicyclic) bond motifs is 1. The topological polar surface area (TPSA) is 101 Å². The van der Waals surface area contributed by atoms with Gasteiger partial charge in [0.1, 0.15) is 5.75 Å². The van der Waals surface area contributed by atoms with E-state index in [0.717, 1.165) is 11.3 Å². The first-order chi connectivity index (χ1) is 13.7. The third kappa shape index (κ3) is 4.55. The molecule has 0 fully saturated rings. The van der Waals surface area contributed by atoms with Crippen LogP contribution in [-0.4, -0.2) is 38.6 Å². The van der Waals surface area contributed by atoms with Gasteiger partial charge in [-0.3, -0.25) is 9.78 Å². The van der Waals surface area contributed by atoms with Gasteiger partial charge in [-0.1, -0.05) is 12.1 Å². The van der Waals surface area contributed by atoms with Gasteiger partial charge in [0.25, 0.3) is 5.91 Å². The van der Waals surface area contributed by atoms with Crippen molar-refractivity contribution in [1.29, 1.82) is 0 Å². The average molecular weight is 409 g/mol. The van der Waals surface area contributed by atoms with E-state index in [1.807, 2.05) is 31.2 Å². The first-order valence-electron chi connectivity index (χ1n) is 8.71. The number of alkyl halides is 3. The largest absolute Gasteiger partial charge is 0.494 e. The third-order valence-corrected chi connectivity index (χ3v) is 4.08. The number of nitrogens with one attached hydrogen (secondary N) is 2. The molecule has 0 aliphatic heterocycles. The first-order valence-corrected chi connectivity index (χ1v) is 8.71. The fraction of sp³-hybridized carbons (Fsp3) is 0.333. The molecule has 0 aliphatic rings. The van der Waals surface area contributed by atoms with Crippen LogP contribution in [-0.2, 0) is 6.18 Å². The van der Waals surface area contributed by atoms with Crippen molar-refractivity contribution in [2.24, 2.45) is 0 Å². The van der Waals surface area contributed by atoms with Crippen LogP contribution in [0.25, 0.3) is 5.65 Å². The zero-order valence-corrected chi connectivity index (χ0v) is 15.6. The molecule has 3 rings (SSSR count). The molecule has 0 saturated heterocycles. The normalized spacial score (nSPS) is 11.6. The van der Waals surface area contributed by atoms with Crippen molar-refractivity contribution in [2.75, 3.05) is 13.2 Å². The minimum Gasteiger partial charge on any atom is -0.494 e. The SMILES string of the molecule is Cc1cccc(OCCCNC(=O)c2nn3c(=O)[nH]c(C(F)(F)F)nc3c2C)c1. The van der Waals surface area contributed by atoms with Crippen LogP contribution < -0.4 is 15.7 Å². The van der Waals surface area contributed by atoms with Gasteiger partial charge in [-0.05, 0) is 38.0 Å². The smallest absolute Gasteiger partial charge is 0.449 e. The van der Waals surface area contributed by atoms with Crippen LogP contribution >= 0.6 is 0 Å². The van der Waals surface area contributed by atoms with Crippen molar-refractivity contribution in [2.45, 2.75) is 26.4 Å². The van der Waals surface area contributed by atoms with Crippen molar-refractivity contribution in [3.63, 3.8) is 0 Å². The van der Waals surface area contributed by atoms with Crippen LogP contribution in [0.3, 0.4) is 0 Å². The number of ether oxygens (including phenoxy) is 1. The maximum Gasteiger partial charge on any atom is 0.449 e. The third-order valence-electron chi connectivity index (χ3n) is 4.08. The Morgan fingerprint density at radius 1 is 1.31 bits per heavy atom. The van der Waals surface area contributed by atoms with Crippen LogP contribution in [0, 0.1) is 13.8 Å². The Kier molecular flexibility index (Phi) is 5.57. The molecule has 2 aromatic heterocycles. The van der Waals surface area contributed by atoms with E-state index in [0.29, 0.717) is 17.5 Å². The van der Waals surface area contributed by atoms with Crippen molar-refractivity contribution in [1.82, 2.24) is 24.9 Å². The minimum absolute atomic E-state index is 0.0788. The fourth-order valence-corrected chi connectivity index (χ4v) is 2.65. The molecule has 154 valence electrons. The standard InChI is InChI=1S/C18H18F3N5O3/c1-10-5-3-6-12(9-10)29-8-4-7-22-15(27)13-11(2)14-23-16(18(19,20)21)24-17(28)26(14)25-13/h3,5-6,9H,4,7-8H2,1-2H3,(H,22,27)(H,23,24,28). The highest BCUT2D eigenvalue weighted by Gasteiger charge is 2.35. The van der Waals surface area contributed by atoms with Gasteiger partial charge in [0, 0.05) is 12.1 Å². The van der Waals surface area contributed by atoms with Gasteiger partial charge < -0.3 is 10.1 Å². The van der Waals surface area contributed by atoms with E-state index in [2.05, 4.69) is 15.4 Å². The Hall–Kier alpha value is -3.37. The van der Waals surface area contributed by atoms with Crippen molar-refractivity contribution >= 4 is 11.6 Å². The maximum absolute atomic E-state index is 12.8. The van der Waals surface area contributed by atoms with Gasteiger partial charge >= 0.3 is 11.9 Å². The Balaban J connectivity index is 1.64. The van der Waals surface area contributed by atoms with Gasteiger partial charge in [-0.2, -0.15) is 22.8 Å². The summed E-state index contributed by atoms with van der Waals surface area (Å²) in [6, 6.07) is 7.53. The summed E-state index contributed by atoms with van der Waals surface area (Å²) in [5, 5.41) is 6.40. The lowest BCUT2D eigenvalue weighted by atomic mass is 10.2. The Morgan fingerprint density at radius 3 is 2.76 bits per heavy atom. The second-order valence-corrected chi connectivity index (χ2v) is 6.37. The number of rotatable bonds is 6. The molecule has 0 spiro atoms. The van der Waals surface area contributed by atoms with E-state index in [9.17, 15) is 22.8 Å². The molecule has 0 unspecified atom stereocenters. The van der Waals surface area contributed by atoms with E-state index in [1.165, 1.54) is 6.92 Å². The number of halogens is 3. The summed E-state index contributed by atoms with van der Waals surface area (Å²) in [5.74, 6) is -1.34. The predicted octanol–water partition coefficient (Wildman–Crippen LogP) is 2.25. The molecule has 0 bridgehead atoms. The van der Waals surface area contributed by atoms with E-state index < -0.39 is 23.6 Å². The molecule has 1 aromatic carbocycles. The molecule has 29 heavy (non-hydrogen) atoms. The van der Waals surface area contributed by atoms with E-state index in [1.54, 1.807) is 4.98 Å². The zero-order chi connectivity index (χ0) is 21.2. The van der Waals surface area contributed by atoms with Crippen molar-refractivity contribution < 1.29 is 22.7 Å². The second kappa shape index (κ2) is 7.94. The highest BCUT2D eigenvalue weighted by atomic mass is 19.4. The number of carbonyl (C=O) groups excluding carboxylic acids is 1. The molecule has 2 heterocycles. The fourth-order valence-electron chi connectivity index (χ4n) is 2.65. The molecular formula is C18H18F3N5O3. The van der Waals surface area contributed by atoms with Gasteiger partial charge in [0.2, 0.25) is 5.82 Å². The lowest BCUT2D eigenvalue weighted by Gasteiger charge is -2.07. The molecule has 1 amide bonds. The predicted molar refractivity (Wildman–Crippen MR) is 97.0 cm³/mol. The number of nitrogens with zero attached hydrogens (tertiary/aromatic N) is 3. The van der Waals surface area contributed by atoms with Crippen LogP contribution in [0.5, 0.6) is 5.75 Å². The molecule has 8 nitrogen and oxygen atoms in total. The summed E-state index contributed by atoms with van der Waals surface area (Å²) in [4.78, 5) is 29.2. The van der Waals surface area contributed by atoms with E-state index in [-0.39, 0.29) is 23.4 Å². The molecular weight excluding hydrogens is 391 g/mol. The number of hydrogen-bond donors (Lipinski definition) is 2. The molecule has 11 heteroatoms. The first kappa shape index (κ1) is 20.4. The number of aromatic nitrogens is 4. The zero-order valence-electron chi connectivity index (χ0n) is 15.6. The van der Waals surface area contributed by atoms with Crippen LogP contribution in [0.4, 0.5) is 13.2 Å². The monoisotopic (exact) mass is 409 g/mol. The highest BCUT2D eigenvalue weighted by molar-refractivity contribution is 5.95. The number of H-pyrrole nitrogens is 1. The summed E-state index contributed by atoms with van der Waals surface area (Å²) in [5.41, 5.74) is -0.475. The Morgan fingerprint density at radius 2 is 2.07 bits per heavy atom. The Bertz CT molecular complexity index is 1100. The highest BCUT2D eigenvalue weighted by Crippen LogP contribution is 2.25. The van der Waals surface area contributed by atoms with Crippen LogP contribution in [0.1, 0.15) is 33.9 Å². The van der Waals surface area contributed by atoms with Gasteiger partial charge in [0.15, 0.2) is 11.3 Å². The van der Waals surface area contributed by atoms with Crippen LogP contribution in [0.15, 0.2) is 29.1 Å². The number of amides is 1. The number of carbonyl (C=O) groups is 1. The Labute approximate surface area is 162 Å². The molecule has 0 atom stereocenters. The number of aryl methyl sites for hydroxylation is 2. The summed E-state index contributed by atoms with van der Waals surface area (Å²) < 4.78 is 44.7. The molecule has 0 saturated carbocycles. The molecule has 2 N–H and O–H groups in total. The van der Waals surface area contributed by atoms with E-state index >= 15 is 0 Å². The van der Waals surface area contributed by atoms with Gasteiger partial charge in [-0.25, -0.2) is 9.78 Å². The summed E-state index contributed by atoms with van der Waals surface area (Å²) in [6.45, 7) is 3.95.